The second-order valence-electron chi connectivity index (χ2n) is 3.87. The van der Waals surface area contributed by atoms with Crippen LogP contribution in [0.25, 0.3) is 0 Å². The number of halogens is 4. The van der Waals surface area contributed by atoms with Gasteiger partial charge in [-0.15, -0.1) is 0 Å². The molecule has 0 saturated carbocycles. The van der Waals surface area contributed by atoms with Crippen molar-refractivity contribution in [3.05, 3.63) is 61.6 Å². The van der Waals surface area contributed by atoms with Crippen LogP contribution < -0.4 is 5.56 Å². The van der Waals surface area contributed by atoms with Crippen LogP contribution in [-0.4, -0.2) is 9.78 Å². The van der Waals surface area contributed by atoms with E-state index in [1.807, 2.05) is 22.6 Å². The second kappa shape index (κ2) is 5.32. The monoisotopic (exact) mass is 380 g/mol. The molecule has 0 N–H and O–H groups in total. The molecule has 0 radical (unpaired) electrons. The van der Waals surface area contributed by atoms with Crippen molar-refractivity contribution in [2.24, 2.45) is 0 Å². The first-order chi connectivity index (χ1) is 8.86. The van der Waals surface area contributed by atoms with E-state index >= 15 is 0 Å². The Bertz CT molecular complexity index is 652. The summed E-state index contributed by atoms with van der Waals surface area (Å²) in [6.45, 7) is 0.0136. The summed E-state index contributed by atoms with van der Waals surface area (Å²) in [5.41, 5.74) is -0.696. The van der Waals surface area contributed by atoms with E-state index in [-0.39, 0.29) is 12.1 Å². The summed E-state index contributed by atoms with van der Waals surface area (Å²) in [6.07, 6.45) is -2.91. The predicted molar refractivity (Wildman–Crippen MR) is 71.8 cm³/mol. The maximum Gasteiger partial charge on any atom is 0.416 e. The first kappa shape index (κ1) is 14.0. The molecule has 0 saturated heterocycles. The minimum Gasteiger partial charge on any atom is -0.268 e. The number of nitrogens with zero attached hydrogens (tertiary/aromatic N) is 2. The quantitative estimate of drug-likeness (QED) is 0.752. The largest absolute Gasteiger partial charge is 0.416 e. The Kier molecular flexibility index (Phi) is 3.93. The maximum atomic E-state index is 12.6. The van der Waals surface area contributed by atoms with Crippen molar-refractivity contribution in [2.75, 3.05) is 0 Å². The Hall–Kier alpha value is -1.38. The van der Waals surface area contributed by atoms with Gasteiger partial charge in [0.15, 0.2) is 0 Å². The molecule has 0 unspecified atom stereocenters. The highest BCUT2D eigenvalue weighted by atomic mass is 127. The Labute approximate surface area is 120 Å². The molecule has 1 heterocycles. The molecule has 2 rings (SSSR count). The van der Waals surface area contributed by atoms with Crippen molar-refractivity contribution < 1.29 is 13.2 Å². The van der Waals surface area contributed by atoms with Crippen molar-refractivity contribution in [2.45, 2.75) is 12.7 Å². The van der Waals surface area contributed by atoms with Gasteiger partial charge in [0, 0.05) is 9.64 Å². The zero-order valence-corrected chi connectivity index (χ0v) is 11.6. The Morgan fingerprint density at radius 2 is 2.00 bits per heavy atom. The zero-order chi connectivity index (χ0) is 14.0. The summed E-state index contributed by atoms with van der Waals surface area (Å²) in [6, 6.07) is 6.23. The third-order valence-electron chi connectivity index (χ3n) is 2.42. The number of hydrogen-bond donors (Lipinski definition) is 0. The summed E-state index contributed by atoms with van der Waals surface area (Å²) in [7, 11) is 0. The highest BCUT2D eigenvalue weighted by Gasteiger charge is 2.30. The molecule has 7 heteroatoms. The van der Waals surface area contributed by atoms with E-state index in [2.05, 4.69) is 5.10 Å². The number of benzene rings is 1. The van der Waals surface area contributed by atoms with Crippen LogP contribution in [0.4, 0.5) is 13.2 Å². The molecule has 0 bridgehead atoms. The van der Waals surface area contributed by atoms with Gasteiger partial charge in [-0.1, -0.05) is 12.1 Å². The van der Waals surface area contributed by atoms with E-state index in [4.69, 9.17) is 0 Å². The van der Waals surface area contributed by atoms with Gasteiger partial charge in [0.05, 0.1) is 18.3 Å². The van der Waals surface area contributed by atoms with E-state index in [1.54, 1.807) is 0 Å². The molecule has 0 aliphatic heterocycles. The summed E-state index contributed by atoms with van der Waals surface area (Å²) in [5, 5.41) is 3.88. The minimum atomic E-state index is -4.39. The second-order valence-corrected chi connectivity index (χ2v) is 5.11. The molecule has 0 fully saturated rings. The lowest BCUT2D eigenvalue weighted by molar-refractivity contribution is -0.137. The third-order valence-corrected chi connectivity index (χ3v) is 3.01. The Morgan fingerprint density at radius 3 is 2.63 bits per heavy atom. The fourth-order valence-electron chi connectivity index (χ4n) is 1.55. The highest BCUT2D eigenvalue weighted by Crippen LogP contribution is 2.29. The fraction of sp³-hybridized carbons (Fsp3) is 0.167. The van der Waals surface area contributed by atoms with Crippen LogP contribution in [0.3, 0.4) is 0 Å². The summed E-state index contributed by atoms with van der Waals surface area (Å²) < 4.78 is 39.5. The van der Waals surface area contributed by atoms with Crippen LogP contribution in [0.5, 0.6) is 0 Å². The molecular weight excluding hydrogens is 372 g/mol. The molecule has 2 aromatic rings. The lowest BCUT2D eigenvalue weighted by atomic mass is 10.1. The summed E-state index contributed by atoms with van der Waals surface area (Å²) in [5.74, 6) is 0. The predicted octanol–water partition coefficient (Wildman–Crippen LogP) is 2.92. The smallest absolute Gasteiger partial charge is 0.268 e. The molecule has 0 amide bonds. The van der Waals surface area contributed by atoms with Crippen molar-refractivity contribution in [3.63, 3.8) is 0 Å². The number of alkyl halides is 3. The molecule has 19 heavy (non-hydrogen) atoms. The first-order valence-electron chi connectivity index (χ1n) is 5.25. The lowest BCUT2D eigenvalue weighted by Crippen LogP contribution is -2.22. The Morgan fingerprint density at radius 1 is 1.26 bits per heavy atom. The normalized spacial score (nSPS) is 11.6. The fourth-order valence-corrected chi connectivity index (χ4v) is 1.94. The van der Waals surface area contributed by atoms with E-state index in [0.717, 1.165) is 16.8 Å². The van der Waals surface area contributed by atoms with Crippen LogP contribution >= 0.6 is 22.6 Å². The summed E-state index contributed by atoms with van der Waals surface area (Å²) in [4.78, 5) is 11.6. The van der Waals surface area contributed by atoms with Gasteiger partial charge in [-0.05, 0) is 40.3 Å². The van der Waals surface area contributed by atoms with Gasteiger partial charge < -0.3 is 0 Å². The number of aromatic nitrogens is 2. The van der Waals surface area contributed by atoms with Gasteiger partial charge in [-0.3, -0.25) is 4.79 Å². The average molecular weight is 380 g/mol. The SMILES string of the molecule is O=c1cc(I)cnn1Cc1cccc(C(F)(F)F)c1. The van der Waals surface area contributed by atoms with Gasteiger partial charge in [0.2, 0.25) is 0 Å². The van der Waals surface area contributed by atoms with Crippen LogP contribution in [-0.2, 0) is 12.7 Å². The maximum absolute atomic E-state index is 12.6. The first-order valence-corrected chi connectivity index (χ1v) is 6.33. The van der Waals surface area contributed by atoms with E-state index in [9.17, 15) is 18.0 Å². The lowest BCUT2D eigenvalue weighted by Gasteiger charge is -2.09. The van der Waals surface area contributed by atoms with Crippen molar-refractivity contribution >= 4 is 22.6 Å². The van der Waals surface area contributed by atoms with Crippen LogP contribution in [0.15, 0.2) is 41.3 Å². The van der Waals surface area contributed by atoms with Crippen molar-refractivity contribution in [1.82, 2.24) is 9.78 Å². The van der Waals surface area contributed by atoms with Crippen LogP contribution in [0, 0.1) is 3.57 Å². The van der Waals surface area contributed by atoms with Gasteiger partial charge in [0.25, 0.3) is 5.56 Å². The minimum absolute atomic E-state index is 0.0136. The topological polar surface area (TPSA) is 34.9 Å². The molecule has 0 aliphatic carbocycles. The standard InChI is InChI=1S/C12H8F3IN2O/c13-12(14,15)9-3-1-2-8(4-9)7-18-11(19)5-10(16)6-17-18/h1-6H,7H2. The molecule has 1 aromatic carbocycles. The van der Waals surface area contributed by atoms with Crippen molar-refractivity contribution in [1.29, 1.82) is 0 Å². The molecule has 0 spiro atoms. The molecule has 0 aliphatic rings. The van der Waals surface area contributed by atoms with E-state index < -0.39 is 11.7 Å². The number of rotatable bonds is 2. The van der Waals surface area contributed by atoms with Crippen molar-refractivity contribution in [3.8, 4) is 0 Å². The van der Waals surface area contributed by atoms with Crippen LogP contribution in [0.1, 0.15) is 11.1 Å². The van der Waals surface area contributed by atoms with E-state index in [0.29, 0.717) is 9.13 Å². The Balaban J connectivity index is 2.31. The van der Waals surface area contributed by atoms with Crippen LogP contribution in [0.2, 0.25) is 0 Å². The highest BCUT2D eigenvalue weighted by molar-refractivity contribution is 14.1. The van der Waals surface area contributed by atoms with Gasteiger partial charge in [-0.25, -0.2) is 4.68 Å². The molecule has 100 valence electrons. The third kappa shape index (κ3) is 3.55. The van der Waals surface area contributed by atoms with Gasteiger partial charge in [0.1, 0.15) is 0 Å². The molecule has 3 nitrogen and oxygen atoms in total. The van der Waals surface area contributed by atoms with E-state index in [1.165, 1.54) is 24.4 Å². The average Bonchev–Trinajstić information content (AvgIpc) is 2.32. The molecule has 1 aromatic heterocycles. The van der Waals surface area contributed by atoms with Gasteiger partial charge >= 0.3 is 6.18 Å². The zero-order valence-electron chi connectivity index (χ0n) is 9.49. The summed E-state index contributed by atoms with van der Waals surface area (Å²) >= 11 is 1.94. The molecular formula is C12H8F3IN2O. The van der Waals surface area contributed by atoms with Gasteiger partial charge in [-0.2, -0.15) is 18.3 Å². The molecule has 0 atom stereocenters. The number of hydrogen-bond acceptors (Lipinski definition) is 2.